The van der Waals surface area contributed by atoms with E-state index in [0.717, 1.165) is 0 Å². The second-order valence-corrected chi connectivity index (χ2v) is 4.33. The number of aliphatic carboxylic acids is 1. The monoisotopic (exact) mass is 260 g/mol. The van der Waals surface area contributed by atoms with Crippen LogP contribution in [0.5, 0.6) is 0 Å². The molecule has 0 aliphatic rings. The number of nitrogens with one attached hydrogen (secondary N) is 1. The van der Waals surface area contributed by atoms with Gasteiger partial charge < -0.3 is 10.4 Å². The molecule has 0 aromatic heterocycles. The van der Waals surface area contributed by atoms with Crippen molar-refractivity contribution in [2.45, 2.75) is 19.8 Å². The van der Waals surface area contributed by atoms with Crippen molar-refractivity contribution in [3.05, 3.63) is 35.4 Å². The molecule has 0 radical (unpaired) electrons. The molecule has 2 N–H and O–H groups in total. The van der Waals surface area contributed by atoms with Gasteiger partial charge in [0.1, 0.15) is 0 Å². The Labute approximate surface area is 111 Å². The Bertz CT molecular complexity index is 506. The van der Waals surface area contributed by atoms with Crippen molar-refractivity contribution >= 4 is 11.9 Å². The zero-order valence-corrected chi connectivity index (χ0v) is 10.7. The Morgan fingerprint density at radius 2 is 2.21 bits per heavy atom. The lowest BCUT2D eigenvalue weighted by Crippen LogP contribution is -2.25. The molecule has 0 saturated heterocycles. The predicted molar refractivity (Wildman–Crippen MR) is 69.5 cm³/mol. The van der Waals surface area contributed by atoms with Crippen molar-refractivity contribution in [1.82, 2.24) is 5.32 Å². The van der Waals surface area contributed by atoms with E-state index < -0.39 is 11.9 Å². The molecule has 100 valence electrons. The number of benzene rings is 1. The van der Waals surface area contributed by atoms with Gasteiger partial charge in [0.2, 0.25) is 0 Å². The normalized spacial score (nSPS) is 11.4. The Morgan fingerprint density at radius 3 is 2.84 bits per heavy atom. The van der Waals surface area contributed by atoms with Crippen LogP contribution in [0.4, 0.5) is 0 Å². The number of nitrogens with zero attached hydrogens (tertiary/aromatic N) is 1. The van der Waals surface area contributed by atoms with Crippen molar-refractivity contribution < 1.29 is 14.7 Å². The lowest BCUT2D eigenvalue weighted by atomic mass is 10.1. The van der Waals surface area contributed by atoms with Gasteiger partial charge in [-0.15, -0.1) is 0 Å². The number of nitriles is 1. The molecule has 1 rings (SSSR count). The maximum atomic E-state index is 11.8. The molecule has 1 amide bonds. The summed E-state index contributed by atoms with van der Waals surface area (Å²) in [5, 5.41) is 20.1. The van der Waals surface area contributed by atoms with E-state index in [1.54, 1.807) is 25.1 Å². The first kappa shape index (κ1) is 14.7. The van der Waals surface area contributed by atoms with E-state index >= 15 is 0 Å². The van der Waals surface area contributed by atoms with Gasteiger partial charge in [-0.1, -0.05) is 13.0 Å². The van der Waals surface area contributed by atoms with Crippen molar-refractivity contribution in [3.8, 4) is 6.07 Å². The lowest BCUT2D eigenvalue weighted by molar-refractivity contribution is -0.141. The highest BCUT2D eigenvalue weighted by Crippen LogP contribution is 2.06. The minimum absolute atomic E-state index is 0.250. The van der Waals surface area contributed by atoms with Crippen molar-refractivity contribution in [1.29, 1.82) is 5.26 Å². The molecular formula is C14H16N2O3. The minimum Gasteiger partial charge on any atom is -0.481 e. The molecule has 0 aliphatic heterocycles. The molecule has 0 saturated carbocycles. The van der Waals surface area contributed by atoms with Crippen LogP contribution in [0.3, 0.4) is 0 Å². The number of amides is 1. The number of carboxylic acid groups (broad SMARTS) is 1. The second kappa shape index (κ2) is 7.17. The molecule has 0 spiro atoms. The smallest absolute Gasteiger partial charge is 0.306 e. The van der Waals surface area contributed by atoms with E-state index in [9.17, 15) is 9.59 Å². The van der Waals surface area contributed by atoms with Gasteiger partial charge in [-0.3, -0.25) is 9.59 Å². The molecule has 0 heterocycles. The molecular weight excluding hydrogens is 244 g/mol. The average Bonchev–Trinajstić information content (AvgIpc) is 2.42. The fraction of sp³-hybridized carbons (Fsp3) is 0.357. The summed E-state index contributed by atoms with van der Waals surface area (Å²) < 4.78 is 0. The van der Waals surface area contributed by atoms with E-state index in [1.807, 2.05) is 6.07 Å². The number of hydrogen-bond donors (Lipinski definition) is 2. The highest BCUT2D eigenvalue weighted by atomic mass is 16.4. The van der Waals surface area contributed by atoms with Crippen molar-refractivity contribution in [2.24, 2.45) is 5.92 Å². The van der Waals surface area contributed by atoms with Crippen molar-refractivity contribution in [3.63, 3.8) is 0 Å². The summed E-state index contributed by atoms with van der Waals surface area (Å²) in [6, 6.07) is 8.41. The molecule has 0 aliphatic carbocycles. The van der Waals surface area contributed by atoms with Gasteiger partial charge in [-0.2, -0.15) is 5.26 Å². The van der Waals surface area contributed by atoms with Gasteiger partial charge in [0.25, 0.3) is 5.91 Å². The first-order valence-electron chi connectivity index (χ1n) is 6.05. The summed E-state index contributed by atoms with van der Waals surface area (Å²) in [6.45, 7) is 2.06. The van der Waals surface area contributed by atoms with Crippen LogP contribution in [0.15, 0.2) is 24.3 Å². The maximum Gasteiger partial charge on any atom is 0.306 e. The number of hydrogen-bond acceptors (Lipinski definition) is 3. The van der Waals surface area contributed by atoms with Crippen LogP contribution in [0.1, 0.15) is 35.7 Å². The van der Waals surface area contributed by atoms with E-state index in [4.69, 9.17) is 10.4 Å². The zero-order valence-electron chi connectivity index (χ0n) is 10.7. The molecule has 5 heteroatoms. The fourth-order valence-corrected chi connectivity index (χ4v) is 1.57. The summed E-state index contributed by atoms with van der Waals surface area (Å²) in [4.78, 5) is 22.4. The van der Waals surface area contributed by atoms with E-state index in [0.29, 0.717) is 30.5 Å². The van der Waals surface area contributed by atoms with Gasteiger partial charge in [0.05, 0.1) is 17.6 Å². The molecule has 19 heavy (non-hydrogen) atoms. The van der Waals surface area contributed by atoms with Crippen LogP contribution in [0.25, 0.3) is 0 Å². The van der Waals surface area contributed by atoms with E-state index in [1.165, 1.54) is 6.07 Å². The predicted octanol–water partition coefficient (Wildman–Crippen LogP) is 1.79. The van der Waals surface area contributed by atoms with Gasteiger partial charge >= 0.3 is 5.97 Å². The summed E-state index contributed by atoms with van der Waals surface area (Å²) in [6.07, 6.45) is 1.13. The summed E-state index contributed by atoms with van der Waals surface area (Å²) in [5.74, 6) is -1.48. The lowest BCUT2D eigenvalue weighted by Gasteiger charge is -2.07. The van der Waals surface area contributed by atoms with E-state index in [-0.39, 0.29) is 5.91 Å². The van der Waals surface area contributed by atoms with Crippen LogP contribution in [-0.2, 0) is 4.79 Å². The van der Waals surface area contributed by atoms with Crippen LogP contribution in [0.2, 0.25) is 0 Å². The van der Waals surface area contributed by atoms with Gasteiger partial charge in [0, 0.05) is 12.1 Å². The molecule has 0 fully saturated rings. The third-order valence-corrected chi connectivity index (χ3v) is 2.77. The van der Waals surface area contributed by atoms with Crippen LogP contribution >= 0.6 is 0 Å². The highest BCUT2D eigenvalue weighted by molar-refractivity contribution is 5.94. The van der Waals surface area contributed by atoms with Gasteiger partial charge in [0.15, 0.2) is 0 Å². The Hall–Kier alpha value is -2.35. The molecule has 1 aromatic carbocycles. The summed E-state index contributed by atoms with van der Waals surface area (Å²) in [7, 11) is 0. The quantitative estimate of drug-likeness (QED) is 0.763. The summed E-state index contributed by atoms with van der Waals surface area (Å²) in [5.41, 5.74) is 0.873. The van der Waals surface area contributed by atoms with E-state index in [2.05, 4.69) is 5.32 Å². The number of carbonyl (C=O) groups excluding carboxylic acids is 1. The number of rotatable bonds is 6. The SMILES string of the molecule is CC(CCCNC(=O)c1cccc(C#N)c1)C(=O)O. The highest BCUT2D eigenvalue weighted by Gasteiger charge is 2.10. The first-order valence-corrected chi connectivity index (χ1v) is 6.05. The zero-order chi connectivity index (χ0) is 14.3. The van der Waals surface area contributed by atoms with Crippen molar-refractivity contribution in [2.75, 3.05) is 6.54 Å². The summed E-state index contributed by atoms with van der Waals surface area (Å²) >= 11 is 0. The fourth-order valence-electron chi connectivity index (χ4n) is 1.57. The largest absolute Gasteiger partial charge is 0.481 e. The van der Waals surface area contributed by atoms with Gasteiger partial charge in [-0.25, -0.2) is 0 Å². The standard InChI is InChI=1S/C14H16N2O3/c1-10(14(18)19)4-3-7-16-13(17)12-6-2-5-11(8-12)9-15/h2,5-6,8,10H,3-4,7H2,1H3,(H,16,17)(H,18,19). The molecule has 5 nitrogen and oxygen atoms in total. The molecule has 1 aromatic rings. The average molecular weight is 260 g/mol. The molecule has 1 atom stereocenters. The topological polar surface area (TPSA) is 90.2 Å². The maximum absolute atomic E-state index is 11.8. The van der Waals surface area contributed by atoms with Crippen LogP contribution < -0.4 is 5.32 Å². The van der Waals surface area contributed by atoms with Gasteiger partial charge in [-0.05, 0) is 31.0 Å². The minimum atomic E-state index is -0.826. The number of carbonyl (C=O) groups is 2. The first-order chi connectivity index (χ1) is 9.04. The third kappa shape index (κ3) is 4.80. The Balaban J connectivity index is 2.39. The Morgan fingerprint density at radius 1 is 1.47 bits per heavy atom. The third-order valence-electron chi connectivity index (χ3n) is 2.77. The van der Waals surface area contributed by atoms with Crippen LogP contribution in [-0.4, -0.2) is 23.5 Å². The van der Waals surface area contributed by atoms with Crippen LogP contribution in [0, 0.1) is 17.2 Å². The second-order valence-electron chi connectivity index (χ2n) is 4.33. The molecule has 0 bridgehead atoms. The Kier molecular flexibility index (Phi) is 5.55. The number of carboxylic acids is 1. The molecule has 1 unspecified atom stereocenters.